The van der Waals surface area contributed by atoms with Crippen LogP contribution >= 0.6 is 0 Å². The standard InChI is InChI=1S/6C3H4N2.Co.6FH.Ti/c6*1-2-5-3-4-1;;;;;;;;/h6*1,3H,2H2;;6*1H;/q;;;;;;+2;;;;;;;+4/p-6. The number of rotatable bonds is 0. The molecule has 0 bridgehead atoms. The molecule has 0 aromatic carbocycles. The number of nitrogens with zero attached hydrogens (tertiary/aromatic N) is 12. The van der Waals surface area contributed by atoms with E-state index < -0.39 is 17.2 Å². The van der Waals surface area contributed by atoms with Gasteiger partial charge < -0.3 is 0 Å². The minimum absolute atomic E-state index is 0. The van der Waals surface area contributed by atoms with Gasteiger partial charge in [-0.05, 0) is 0 Å². The van der Waals surface area contributed by atoms with Crippen molar-refractivity contribution < 1.29 is 52.6 Å². The van der Waals surface area contributed by atoms with Crippen molar-refractivity contribution in [3.05, 3.63) is 0 Å². The van der Waals surface area contributed by atoms with Crippen LogP contribution in [0.5, 0.6) is 0 Å². The second-order valence-corrected chi connectivity index (χ2v) is 9.29. The molecule has 211 valence electrons. The summed E-state index contributed by atoms with van der Waals surface area (Å²) in [5, 5.41) is 0. The number of halogens is 6. The van der Waals surface area contributed by atoms with Crippen LogP contribution in [0.3, 0.4) is 0 Å². The molecule has 0 N–H and O–H groups in total. The molecule has 20 heteroatoms. The normalized spacial score (nSPS) is 18.2. The van der Waals surface area contributed by atoms with Crippen LogP contribution in [0.1, 0.15) is 0 Å². The molecule has 6 aliphatic heterocycles. The monoisotopic (exact) mass is 629 g/mol. The van der Waals surface area contributed by atoms with E-state index in [0.717, 1.165) is 39.3 Å². The summed E-state index contributed by atoms with van der Waals surface area (Å²) in [6, 6.07) is 0. The number of hydrogen-bond donors (Lipinski definition) is 0. The molecule has 0 spiro atoms. The Morgan fingerprint density at radius 1 is 0.342 bits per heavy atom. The van der Waals surface area contributed by atoms with Gasteiger partial charge in [0.2, 0.25) is 0 Å². The molecule has 6 aliphatic rings. The van der Waals surface area contributed by atoms with Crippen LogP contribution in [-0.2, 0) is 34.0 Å². The summed E-state index contributed by atoms with van der Waals surface area (Å²) in [5.41, 5.74) is 0. The summed E-state index contributed by atoms with van der Waals surface area (Å²) in [6.07, 6.45) is 19.9. The quantitative estimate of drug-likeness (QED) is 0.286. The van der Waals surface area contributed by atoms with Gasteiger partial charge in [-0.25, -0.2) is 30.0 Å². The van der Waals surface area contributed by atoms with Crippen molar-refractivity contribution in [1.29, 1.82) is 0 Å². The third-order valence-corrected chi connectivity index (χ3v) is 2.64. The third-order valence-electron chi connectivity index (χ3n) is 2.64. The summed E-state index contributed by atoms with van der Waals surface area (Å²) < 4.78 is 59.5. The fourth-order valence-corrected chi connectivity index (χ4v) is 1.41. The summed E-state index contributed by atoms with van der Waals surface area (Å²) >= 11 is -11.2. The Hall–Kier alpha value is -3.16. The second kappa shape index (κ2) is 20.8. The molecular weight excluding hydrogens is 605 g/mol. The van der Waals surface area contributed by atoms with Gasteiger partial charge in [-0.2, -0.15) is 0 Å². The van der Waals surface area contributed by atoms with E-state index in [0.29, 0.717) is 0 Å². The molecule has 38 heavy (non-hydrogen) atoms. The van der Waals surface area contributed by atoms with Gasteiger partial charge in [0, 0.05) is 37.3 Å². The van der Waals surface area contributed by atoms with E-state index in [-0.39, 0.29) is 16.8 Å². The van der Waals surface area contributed by atoms with E-state index >= 15 is 0 Å². The van der Waals surface area contributed by atoms with Crippen LogP contribution < -0.4 is 0 Å². The van der Waals surface area contributed by atoms with Gasteiger partial charge in [-0.15, -0.1) is 0 Å². The van der Waals surface area contributed by atoms with Crippen molar-refractivity contribution in [2.75, 3.05) is 39.3 Å². The molecule has 0 aromatic rings. The molecule has 0 saturated heterocycles. The van der Waals surface area contributed by atoms with Crippen molar-refractivity contribution >= 4 is 75.3 Å². The molecule has 6 rings (SSSR count). The van der Waals surface area contributed by atoms with Crippen molar-refractivity contribution in [3.8, 4) is 0 Å². The Labute approximate surface area is 226 Å². The summed E-state index contributed by atoms with van der Waals surface area (Å²) in [6.45, 7) is 4.67. The molecule has 0 unspecified atom stereocenters. The molecule has 6 heterocycles. The Kier molecular flexibility index (Phi) is 20.3. The second-order valence-electron chi connectivity index (χ2n) is 5.95. The van der Waals surface area contributed by atoms with Gasteiger partial charge in [0.25, 0.3) is 0 Å². The first-order chi connectivity index (χ1) is 17.4. The van der Waals surface area contributed by atoms with Gasteiger partial charge in [0.05, 0.1) is 39.3 Å². The van der Waals surface area contributed by atoms with E-state index in [2.05, 4.69) is 59.9 Å². The van der Waals surface area contributed by atoms with Crippen LogP contribution in [0.15, 0.2) is 59.9 Å². The maximum absolute atomic E-state index is 11.2. The average molecular weight is 629 g/mol. The molecule has 12 nitrogen and oxygen atoms in total. The van der Waals surface area contributed by atoms with Gasteiger partial charge in [-0.3, -0.25) is 30.0 Å². The average Bonchev–Trinajstić information content (AvgIpc) is 3.73. The summed E-state index contributed by atoms with van der Waals surface area (Å²) in [7, 11) is 0. The molecule has 0 atom stereocenters. The molecule has 1 radical (unpaired) electrons. The van der Waals surface area contributed by atoms with Gasteiger partial charge in [0.15, 0.2) is 0 Å². The Balaban J connectivity index is 0. The van der Waals surface area contributed by atoms with E-state index in [1.54, 1.807) is 75.3 Å². The van der Waals surface area contributed by atoms with Crippen LogP contribution in [0.2, 0.25) is 0 Å². The molecule has 0 aliphatic carbocycles. The Bertz CT molecular complexity index is 756. The van der Waals surface area contributed by atoms with Crippen molar-refractivity contribution in [2.45, 2.75) is 0 Å². The zero-order valence-electron chi connectivity index (χ0n) is 19.6. The van der Waals surface area contributed by atoms with Gasteiger partial charge in [-0.1, -0.05) is 0 Å². The molecule has 0 aromatic heterocycles. The SMILES string of the molecule is C1=NC=NC1.C1=NC=NC1.C1=NC=NC1.C1=NC=NC1.C1=NC=NC1.C1=NC=NC1.[Co+2].[F][Ti-2]([F])([F])([F])([F])[F]. The van der Waals surface area contributed by atoms with Crippen LogP contribution in [0.25, 0.3) is 0 Å². The predicted octanol–water partition coefficient (Wildman–Crippen LogP) is 3.11. The van der Waals surface area contributed by atoms with E-state index in [9.17, 15) is 18.6 Å². The molecule has 0 saturated carbocycles. The third kappa shape index (κ3) is 46.2. The fourth-order valence-electron chi connectivity index (χ4n) is 1.41. The predicted molar refractivity (Wildman–Crippen MR) is 138 cm³/mol. The molecule has 0 amide bonds. The zero-order valence-corrected chi connectivity index (χ0v) is 22.2. The first kappa shape index (κ1) is 37.0. The minimum atomic E-state index is -11.2. The summed E-state index contributed by atoms with van der Waals surface area (Å²) in [4.78, 5) is 44.4. The van der Waals surface area contributed by atoms with Crippen molar-refractivity contribution in [2.24, 2.45) is 59.9 Å². The van der Waals surface area contributed by atoms with E-state index in [1.807, 2.05) is 0 Å². The zero-order chi connectivity index (χ0) is 27.6. The molecular formula is C18H24CoF6N12Ti. The topological polar surface area (TPSA) is 148 Å². The van der Waals surface area contributed by atoms with E-state index in [1.165, 1.54) is 0 Å². The van der Waals surface area contributed by atoms with Crippen LogP contribution in [-0.4, -0.2) is 115 Å². The van der Waals surface area contributed by atoms with Gasteiger partial charge in [0.1, 0.15) is 38.0 Å². The van der Waals surface area contributed by atoms with Gasteiger partial charge >= 0.3 is 52.6 Å². The van der Waals surface area contributed by atoms with E-state index in [4.69, 9.17) is 0 Å². The van der Waals surface area contributed by atoms with Crippen LogP contribution in [0, 0.1) is 0 Å². The summed E-state index contributed by atoms with van der Waals surface area (Å²) in [5.74, 6) is 0. The first-order valence-electron chi connectivity index (χ1n) is 10.1. The fraction of sp³-hybridized carbons (Fsp3) is 0.333. The number of aliphatic imine (C=N–C) groups is 12. The number of hydrogen-bond acceptors (Lipinski definition) is 12. The van der Waals surface area contributed by atoms with Crippen molar-refractivity contribution in [3.63, 3.8) is 0 Å². The van der Waals surface area contributed by atoms with Crippen molar-refractivity contribution in [1.82, 2.24) is 0 Å². The maximum atomic E-state index is 9.92. The van der Waals surface area contributed by atoms with Crippen LogP contribution in [0.4, 0.5) is 18.6 Å². The Morgan fingerprint density at radius 3 is 0.500 bits per heavy atom. The molecule has 0 fully saturated rings. The first-order valence-corrected chi connectivity index (χ1v) is 13.7. The Morgan fingerprint density at radius 2 is 0.474 bits per heavy atom.